The van der Waals surface area contributed by atoms with Gasteiger partial charge < -0.3 is 4.42 Å². The number of carbonyl (C=O) groups excluding carboxylic acids is 1. The normalized spacial score (nSPS) is 10.5. The summed E-state index contributed by atoms with van der Waals surface area (Å²) in [4.78, 5) is 15.9. The average Bonchev–Trinajstić information content (AvgIpc) is 2.60. The molecule has 0 atom stereocenters. The number of carbonyl (C=O) groups is 1. The number of hydrogen-bond acceptors (Lipinski definition) is 3. The first kappa shape index (κ1) is 9.73. The molecule has 0 aliphatic rings. The maximum atomic E-state index is 11.4. The zero-order valence-corrected chi connectivity index (χ0v) is 8.53. The molecule has 1 heterocycles. The SMILES string of the molecule is CONC(=O)c1cc2cc(C)ccc2o1. The van der Waals surface area contributed by atoms with Crippen molar-refractivity contribution in [3.63, 3.8) is 0 Å². The first-order valence-electron chi connectivity index (χ1n) is 4.54. The number of rotatable bonds is 2. The molecule has 4 nitrogen and oxygen atoms in total. The maximum absolute atomic E-state index is 11.4. The Labute approximate surface area is 86.8 Å². The van der Waals surface area contributed by atoms with Crippen LogP contribution in [0.4, 0.5) is 0 Å². The number of hydrogen-bond donors (Lipinski definition) is 1. The third kappa shape index (κ3) is 1.85. The first-order chi connectivity index (χ1) is 7.20. The third-order valence-electron chi connectivity index (χ3n) is 2.09. The molecule has 0 saturated carbocycles. The van der Waals surface area contributed by atoms with Gasteiger partial charge in [0.2, 0.25) is 0 Å². The summed E-state index contributed by atoms with van der Waals surface area (Å²) in [6.07, 6.45) is 0. The largest absolute Gasteiger partial charge is 0.451 e. The van der Waals surface area contributed by atoms with E-state index in [1.54, 1.807) is 6.07 Å². The van der Waals surface area contributed by atoms with Crippen molar-refractivity contribution in [2.45, 2.75) is 6.92 Å². The highest BCUT2D eigenvalue weighted by atomic mass is 16.6. The second-order valence-corrected chi connectivity index (χ2v) is 3.29. The van der Waals surface area contributed by atoms with E-state index in [0.29, 0.717) is 5.58 Å². The Hall–Kier alpha value is -1.81. The van der Waals surface area contributed by atoms with Crippen molar-refractivity contribution in [1.82, 2.24) is 5.48 Å². The fourth-order valence-corrected chi connectivity index (χ4v) is 1.42. The molecule has 4 heteroatoms. The van der Waals surface area contributed by atoms with Crippen LogP contribution < -0.4 is 5.48 Å². The minimum Gasteiger partial charge on any atom is -0.451 e. The van der Waals surface area contributed by atoms with Crippen LogP contribution in [0.25, 0.3) is 11.0 Å². The minimum atomic E-state index is -0.383. The van der Waals surface area contributed by atoms with Crippen molar-refractivity contribution in [2.75, 3.05) is 7.11 Å². The molecule has 0 aliphatic heterocycles. The van der Waals surface area contributed by atoms with Gasteiger partial charge in [-0.15, -0.1) is 0 Å². The molecular weight excluding hydrogens is 194 g/mol. The summed E-state index contributed by atoms with van der Waals surface area (Å²) in [5.74, 6) is -0.135. The lowest BCUT2D eigenvalue weighted by molar-refractivity contribution is 0.0512. The second-order valence-electron chi connectivity index (χ2n) is 3.29. The van der Waals surface area contributed by atoms with Crippen LogP contribution in [0.2, 0.25) is 0 Å². The van der Waals surface area contributed by atoms with Crippen LogP contribution >= 0.6 is 0 Å². The average molecular weight is 205 g/mol. The Morgan fingerprint density at radius 1 is 1.40 bits per heavy atom. The summed E-state index contributed by atoms with van der Waals surface area (Å²) >= 11 is 0. The summed E-state index contributed by atoms with van der Waals surface area (Å²) in [6, 6.07) is 7.43. The Morgan fingerprint density at radius 2 is 2.20 bits per heavy atom. The number of nitrogens with one attached hydrogen (secondary N) is 1. The molecular formula is C11H11NO3. The third-order valence-corrected chi connectivity index (χ3v) is 2.09. The van der Waals surface area contributed by atoms with Crippen molar-refractivity contribution in [3.8, 4) is 0 Å². The van der Waals surface area contributed by atoms with Gasteiger partial charge in [0.25, 0.3) is 0 Å². The van der Waals surface area contributed by atoms with Gasteiger partial charge in [-0.1, -0.05) is 11.6 Å². The Balaban J connectivity index is 2.42. The standard InChI is InChI=1S/C11H11NO3/c1-7-3-4-9-8(5-7)6-10(15-9)11(13)12-14-2/h3-6H,1-2H3,(H,12,13). The quantitative estimate of drug-likeness (QED) is 0.763. The fraction of sp³-hybridized carbons (Fsp3) is 0.182. The maximum Gasteiger partial charge on any atom is 0.310 e. The lowest BCUT2D eigenvalue weighted by Crippen LogP contribution is -2.20. The topological polar surface area (TPSA) is 51.5 Å². The van der Waals surface area contributed by atoms with Crippen LogP contribution in [0.15, 0.2) is 28.7 Å². The van der Waals surface area contributed by atoms with E-state index in [9.17, 15) is 4.79 Å². The number of furan rings is 1. The molecule has 78 valence electrons. The molecule has 0 saturated heterocycles. The molecule has 1 N–H and O–H groups in total. The van der Waals surface area contributed by atoms with Gasteiger partial charge in [-0.2, -0.15) is 0 Å². The monoisotopic (exact) mass is 205 g/mol. The summed E-state index contributed by atoms with van der Waals surface area (Å²) in [6.45, 7) is 1.99. The van der Waals surface area contributed by atoms with E-state index in [4.69, 9.17) is 4.42 Å². The van der Waals surface area contributed by atoms with E-state index >= 15 is 0 Å². The van der Waals surface area contributed by atoms with Crippen molar-refractivity contribution in [3.05, 3.63) is 35.6 Å². The molecule has 0 aliphatic carbocycles. The lowest BCUT2D eigenvalue weighted by Gasteiger charge is -1.95. The summed E-state index contributed by atoms with van der Waals surface area (Å²) in [5.41, 5.74) is 4.03. The van der Waals surface area contributed by atoms with Crippen molar-refractivity contribution in [2.24, 2.45) is 0 Å². The highest BCUT2D eigenvalue weighted by molar-refractivity contribution is 5.95. The summed E-state index contributed by atoms with van der Waals surface area (Å²) in [7, 11) is 1.38. The second kappa shape index (κ2) is 3.74. The van der Waals surface area contributed by atoms with Gasteiger partial charge in [0.15, 0.2) is 5.76 Å². The molecule has 0 fully saturated rings. The minimum absolute atomic E-state index is 0.248. The van der Waals surface area contributed by atoms with Crippen LogP contribution in [0.5, 0.6) is 0 Å². The Kier molecular flexibility index (Phi) is 2.43. The summed E-state index contributed by atoms with van der Waals surface area (Å²) in [5, 5.41) is 0.913. The summed E-state index contributed by atoms with van der Waals surface area (Å²) < 4.78 is 5.35. The zero-order valence-electron chi connectivity index (χ0n) is 8.53. The van der Waals surface area contributed by atoms with Crippen LogP contribution in [0.1, 0.15) is 16.1 Å². The van der Waals surface area contributed by atoms with Crippen LogP contribution in [-0.4, -0.2) is 13.0 Å². The molecule has 0 bridgehead atoms. The number of fused-ring (bicyclic) bond motifs is 1. The molecule has 0 radical (unpaired) electrons. The van der Waals surface area contributed by atoms with E-state index in [-0.39, 0.29) is 11.7 Å². The fourth-order valence-electron chi connectivity index (χ4n) is 1.42. The van der Waals surface area contributed by atoms with E-state index in [0.717, 1.165) is 10.9 Å². The van der Waals surface area contributed by atoms with E-state index in [2.05, 4.69) is 10.3 Å². The smallest absolute Gasteiger partial charge is 0.310 e. The molecule has 0 spiro atoms. The lowest BCUT2D eigenvalue weighted by atomic mass is 10.2. The number of aryl methyl sites for hydroxylation is 1. The van der Waals surface area contributed by atoms with Gasteiger partial charge in [0.1, 0.15) is 5.58 Å². The predicted molar refractivity (Wildman–Crippen MR) is 55.4 cm³/mol. The van der Waals surface area contributed by atoms with Gasteiger partial charge >= 0.3 is 5.91 Å². The molecule has 1 aromatic heterocycles. The van der Waals surface area contributed by atoms with Gasteiger partial charge in [0.05, 0.1) is 7.11 Å². The molecule has 2 rings (SSSR count). The van der Waals surface area contributed by atoms with Crippen molar-refractivity contribution >= 4 is 16.9 Å². The molecule has 15 heavy (non-hydrogen) atoms. The molecule has 1 aromatic carbocycles. The first-order valence-corrected chi connectivity index (χ1v) is 4.54. The predicted octanol–water partition coefficient (Wildman–Crippen LogP) is 2.03. The van der Waals surface area contributed by atoms with Gasteiger partial charge in [-0.25, -0.2) is 5.48 Å². The van der Waals surface area contributed by atoms with Gasteiger partial charge in [-0.05, 0) is 25.1 Å². The molecule has 2 aromatic rings. The van der Waals surface area contributed by atoms with Crippen LogP contribution in [0, 0.1) is 6.92 Å². The van der Waals surface area contributed by atoms with Gasteiger partial charge in [-0.3, -0.25) is 9.63 Å². The van der Waals surface area contributed by atoms with Crippen LogP contribution in [-0.2, 0) is 4.84 Å². The van der Waals surface area contributed by atoms with E-state index in [1.165, 1.54) is 7.11 Å². The Morgan fingerprint density at radius 3 is 2.93 bits per heavy atom. The number of amides is 1. The number of hydroxylamine groups is 1. The molecule has 0 unspecified atom stereocenters. The zero-order chi connectivity index (χ0) is 10.8. The van der Waals surface area contributed by atoms with E-state index in [1.807, 2.05) is 25.1 Å². The van der Waals surface area contributed by atoms with Crippen molar-refractivity contribution in [1.29, 1.82) is 0 Å². The van der Waals surface area contributed by atoms with Crippen molar-refractivity contribution < 1.29 is 14.0 Å². The highest BCUT2D eigenvalue weighted by Gasteiger charge is 2.11. The molecule has 1 amide bonds. The Bertz CT molecular complexity index is 502. The highest BCUT2D eigenvalue weighted by Crippen LogP contribution is 2.20. The van der Waals surface area contributed by atoms with E-state index < -0.39 is 0 Å². The van der Waals surface area contributed by atoms with Gasteiger partial charge in [0, 0.05) is 5.39 Å². The van der Waals surface area contributed by atoms with Crippen LogP contribution in [0.3, 0.4) is 0 Å². The number of benzene rings is 1.